The molecule has 0 saturated heterocycles. The first-order chi connectivity index (χ1) is 12.7. The molecule has 3 unspecified atom stereocenters. The van der Waals surface area contributed by atoms with Crippen LogP contribution in [-0.4, -0.2) is 39.2 Å². The molecule has 1 heterocycles. The van der Waals surface area contributed by atoms with Crippen molar-refractivity contribution in [3.63, 3.8) is 0 Å². The van der Waals surface area contributed by atoms with Crippen molar-refractivity contribution < 1.29 is 4.21 Å². The average molecular weight is 373 g/mol. The van der Waals surface area contributed by atoms with Crippen molar-refractivity contribution in [2.24, 2.45) is 4.99 Å². The zero-order chi connectivity index (χ0) is 18.4. The number of hydrogen-bond donors (Lipinski definition) is 2. The minimum absolute atomic E-state index is 0.309. The van der Waals surface area contributed by atoms with Crippen molar-refractivity contribution in [1.82, 2.24) is 15.6 Å². The molecule has 0 amide bonds. The second-order valence-corrected chi connectivity index (χ2v) is 8.71. The Bertz CT molecular complexity index is 787. The number of nitrogens with zero attached hydrogens (tertiary/aromatic N) is 2. The third kappa shape index (κ3) is 4.61. The molecular formula is C20H28N4OS. The van der Waals surface area contributed by atoms with E-state index in [1.54, 1.807) is 7.05 Å². The maximum atomic E-state index is 12.1. The van der Waals surface area contributed by atoms with E-state index in [1.807, 2.05) is 31.3 Å². The van der Waals surface area contributed by atoms with Gasteiger partial charge in [-0.05, 0) is 30.7 Å². The molecule has 1 aliphatic rings. The van der Waals surface area contributed by atoms with E-state index in [1.165, 1.54) is 5.39 Å². The molecule has 0 radical (unpaired) electrons. The van der Waals surface area contributed by atoms with Gasteiger partial charge in [-0.3, -0.25) is 14.2 Å². The van der Waals surface area contributed by atoms with Gasteiger partial charge in [-0.15, -0.1) is 0 Å². The molecule has 1 saturated carbocycles. The second-order valence-electron chi connectivity index (χ2n) is 6.70. The van der Waals surface area contributed by atoms with Gasteiger partial charge in [0.1, 0.15) is 0 Å². The summed E-state index contributed by atoms with van der Waals surface area (Å²) >= 11 is 0. The molecule has 0 spiro atoms. The maximum absolute atomic E-state index is 12.1. The Kier molecular flexibility index (Phi) is 6.61. The molecule has 2 aromatic rings. The Morgan fingerprint density at radius 2 is 2.15 bits per heavy atom. The number of benzene rings is 1. The molecule has 1 aromatic heterocycles. The first-order valence-electron chi connectivity index (χ1n) is 9.38. The highest BCUT2D eigenvalue weighted by Crippen LogP contribution is 2.23. The van der Waals surface area contributed by atoms with E-state index >= 15 is 0 Å². The summed E-state index contributed by atoms with van der Waals surface area (Å²) in [6.07, 6.45) is 6.10. The number of fused-ring (bicyclic) bond motifs is 1. The fourth-order valence-electron chi connectivity index (χ4n) is 3.63. The smallest absolute Gasteiger partial charge is 0.191 e. The lowest BCUT2D eigenvalue weighted by Crippen LogP contribution is -2.46. The molecule has 0 aliphatic heterocycles. The molecule has 140 valence electrons. The number of rotatable bonds is 5. The van der Waals surface area contributed by atoms with Crippen LogP contribution in [0.2, 0.25) is 0 Å². The summed E-state index contributed by atoms with van der Waals surface area (Å²) in [6.45, 7) is 2.63. The fraction of sp³-hybridized carbons (Fsp3) is 0.500. The van der Waals surface area contributed by atoms with Crippen LogP contribution in [0.1, 0.15) is 38.3 Å². The third-order valence-corrected chi connectivity index (χ3v) is 6.77. The predicted molar refractivity (Wildman–Crippen MR) is 110 cm³/mol. The van der Waals surface area contributed by atoms with E-state index in [9.17, 15) is 4.21 Å². The minimum Gasteiger partial charge on any atom is -0.354 e. The average Bonchev–Trinajstić information content (AvgIpc) is 2.70. The monoisotopic (exact) mass is 372 g/mol. The van der Waals surface area contributed by atoms with Crippen LogP contribution in [0.15, 0.2) is 41.5 Å². The molecule has 6 heteroatoms. The standard InChI is InChI=1S/C20H28N4OS/c1-3-26(25)17-9-6-8-16(13-17)24-20(21-2)23-14-19-18-10-5-4-7-15(18)11-12-22-19/h4-5,7,10-12,16-17H,3,6,8-9,13-14H2,1-2H3,(H2,21,23,24). The molecule has 5 nitrogen and oxygen atoms in total. The van der Waals surface area contributed by atoms with Crippen LogP contribution in [0.25, 0.3) is 10.8 Å². The lowest BCUT2D eigenvalue weighted by Gasteiger charge is -2.30. The van der Waals surface area contributed by atoms with Crippen LogP contribution in [0, 0.1) is 0 Å². The van der Waals surface area contributed by atoms with Gasteiger partial charge >= 0.3 is 0 Å². The second kappa shape index (κ2) is 9.12. The van der Waals surface area contributed by atoms with Gasteiger partial charge < -0.3 is 10.6 Å². The minimum atomic E-state index is -0.710. The van der Waals surface area contributed by atoms with Gasteiger partial charge in [0.05, 0.1) is 12.2 Å². The van der Waals surface area contributed by atoms with Gasteiger partial charge in [0, 0.05) is 46.5 Å². The molecular weight excluding hydrogens is 344 g/mol. The number of hydrogen-bond acceptors (Lipinski definition) is 3. The number of aliphatic imine (C=N–C) groups is 1. The highest BCUT2D eigenvalue weighted by molar-refractivity contribution is 7.85. The molecule has 3 rings (SSSR count). The summed E-state index contributed by atoms with van der Waals surface area (Å²) in [7, 11) is 1.08. The van der Waals surface area contributed by atoms with Crippen LogP contribution in [0.3, 0.4) is 0 Å². The highest BCUT2D eigenvalue weighted by Gasteiger charge is 2.26. The zero-order valence-corrected chi connectivity index (χ0v) is 16.4. The van der Waals surface area contributed by atoms with E-state index in [-0.39, 0.29) is 0 Å². The van der Waals surface area contributed by atoms with E-state index in [0.29, 0.717) is 17.8 Å². The summed E-state index contributed by atoms with van der Waals surface area (Å²) < 4.78 is 12.1. The summed E-state index contributed by atoms with van der Waals surface area (Å²) in [5.41, 5.74) is 1.01. The van der Waals surface area contributed by atoms with Crippen molar-refractivity contribution >= 4 is 27.5 Å². The van der Waals surface area contributed by atoms with Crippen molar-refractivity contribution in [3.8, 4) is 0 Å². The Labute approximate surface area is 158 Å². The first-order valence-corrected chi connectivity index (χ1v) is 10.8. The number of nitrogens with one attached hydrogen (secondary N) is 2. The molecule has 26 heavy (non-hydrogen) atoms. The van der Waals surface area contributed by atoms with E-state index in [2.05, 4.69) is 32.7 Å². The number of guanidine groups is 1. The lowest BCUT2D eigenvalue weighted by molar-refractivity contribution is 0.413. The molecule has 1 aromatic carbocycles. The summed E-state index contributed by atoms with van der Waals surface area (Å²) in [5, 5.41) is 9.56. The molecule has 2 N–H and O–H groups in total. The van der Waals surface area contributed by atoms with Gasteiger partial charge in [-0.25, -0.2) is 0 Å². The fourth-order valence-corrected chi connectivity index (χ4v) is 4.98. The Hall–Kier alpha value is -1.95. The molecule has 1 aliphatic carbocycles. The van der Waals surface area contributed by atoms with E-state index in [4.69, 9.17) is 0 Å². The van der Waals surface area contributed by atoms with Gasteiger partial charge in [-0.2, -0.15) is 0 Å². The first kappa shape index (κ1) is 18.8. The van der Waals surface area contributed by atoms with Gasteiger partial charge in [0.15, 0.2) is 5.96 Å². The van der Waals surface area contributed by atoms with E-state index in [0.717, 1.165) is 48.5 Å². The molecule has 1 fully saturated rings. The molecule has 0 bridgehead atoms. The zero-order valence-electron chi connectivity index (χ0n) is 15.6. The Morgan fingerprint density at radius 1 is 1.31 bits per heavy atom. The quantitative estimate of drug-likeness (QED) is 0.625. The predicted octanol–water partition coefficient (Wildman–Crippen LogP) is 2.98. The topological polar surface area (TPSA) is 66.4 Å². The Balaban J connectivity index is 1.60. The number of pyridine rings is 1. The SMILES string of the molecule is CCS(=O)C1CCCC(NC(=NC)NCc2nccc3ccccc23)C1. The number of aromatic nitrogens is 1. The summed E-state index contributed by atoms with van der Waals surface area (Å²) in [6, 6.07) is 10.6. The van der Waals surface area contributed by atoms with Crippen LogP contribution < -0.4 is 10.6 Å². The van der Waals surface area contributed by atoms with Crippen LogP contribution in [-0.2, 0) is 17.3 Å². The van der Waals surface area contributed by atoms with Crippen molar-refractivity contribution in [1.29, 1.82) is 0 Å². The van der Waals surface area contributed by atoms with Crippen LogP contribution in [0.4, 0.5) is 0 Å². The van der Waals surface area contributed by atoms with Gasteiger partial charge in [0.25, 0.3) is 0 Å². The summed E-state index contributed by atoms with van der Waals surface area (Å²) in [5.74, 6) is 1.53. The Morgan fingerprint density at radius 3 is 2.96 bits per heavy atom. The van der Waals surface area contributed by atoms with Crippen LogP contribution in [0.5, 0.6) is 0 Å². The van der Waals surface area contributed by atoms with Gasteiger partial charge in [-0.1, -0.05) is 37.6 Å². The normalized spacial score (nSPS) is 22.2. The lowest BCUT2D eigenvalue weighted by atomic mass is 9.95. The molecule has 3 atom stereocenters. The van der Waals surface area contributed by atoms with E-state index < -0.39 is 10.8 Å². The van der Waals surface area contributed by atoms with Crippen molar-refractivity contribution in [2.45, 2.75) is 50.4 Å². The maximum Gasteiger partial charge on any atom is 0.191 e. The van der Waals surface area contributed by atoms with Crippen molar-refractivity contribution in [2.75, 3.05) is 12.8 Å². The largest absolute Gasteiger partial charge is 0.354 e. The van der Waals surface area contributed by atoms with Gasteiger partial charge in [0.2, 0.25) is 0 Å². The third-order valence-electron chi connectivity index (χ3n) is 5.03. The highest BCUT2D eigenvalue weighted by atomic mass is 32.2. The van der Waals surface area contributed by atoms with Crippen LogP contribution >= 0.6 is 0 Å². The van der Waals surface area contributed by atoms with Crippen molar-refractivity contribution in [3.05, 3.63) is 42.2 Å². The summed E-state index contributed by atoms with van der Waals surface area (Å²) in [4.78, 5) is 8.88.